The highest BCUT2D eigenvalue weighted by atomic mass is 19.4. The van der Waals surface area contributed by atoms with Crippen LogP contribution in [-0.2, 0) is 22.3 Å². The molecule has 1 N–H and O–H groups in total. The molecule has 3 rings (SSSR count). The Kier molecular flexibility index (Phi) is 10.3. The second-order valence-electron chi connectivity index (χ2n) is 5.99. The van der Waals surface area contributed by atoms with E-state index in [9.17, 15) is 18.0 Å². The summed E-state index contributed by atoms with van der Waals surface area (Å²) in [7, 11) is 0. The number of nitrogens with one attached hydrogen (secondary N) is 1. The fourth-order valence-corrected chi connectivity index (χ4v) is 2.52. The number of ether oxygens (including phenoxy) is 1. The summed E-state index contributed by atoms with van der Waals surface area (Å²) < 4.78 is 42.9. The molecule has 0 spiro atoms. The molecule has 0 radical (unpaired) electrons. The fourth-order valence-electron chi connectivity index (χ4n) is 2.52. The molecule has 1 atom stereocenters. The number of carbonyl (C=O) groups is 1. The Morgan fingerprint density at radius 1 is 1.37 bits per heavy atom. The molecule has 9 heteroatoms. The molecule has 30 heavy (non-hydrogen) atoms. The third-order valence-corrected chi connectivity index (χ3v) is 4.02. The molecular weight excluding hydrogens is 397 g/mol. The highest BCUT2D eigenvalue weighted by molar-refractivity contribution is 5.87. The normalized spacial score (nSPS) is 15.2. The standard InChI is InChI=1S/C15H16F3NO2.C4H3N3.C2H6/c1-2-14(20)19-8-7-13(9-19)21-10-11-3-5-12(6-4-11)15(16,17)18;5-3-4-1-2-6-7-4;1-2/h2-6,13H,1,7-10H2;1-2H,(H,6,7);1-2H3. The largest absolute Gasteiger partial charge is 0.416 e. The first-order valence-electron chi connectivity index (χ1n) is 9.42. The van der Waals surface area contributed by atoms with Gasteiger partial charge in [0.15, 0.2) is 0 Å². The van der Waals surface area contributed by atoms with Gasteiger partial charge in [-0.1, -0.05) is 32.6 Å². The van der Waals surface area contributed by atoms with E-state index in [2.05, 4.69) is 16.8 Å². The van der Waals surface area contributed by atoms with Crippen molar-refractivity contribution in [2.24, 2.45) is 0 Å². The molecule has 0 saturated carbocycles. The van der Waals surface area contributed by atoms with Crippen LogP contribution in [0, 0.1) is 11.3 Å². The zero-order valence-corrected chi connectivity index (χ0v) is 16.9. The van der Waals surface area contributed by atoms with Gasteiger partial charge >= 0.3 is 6.18 Å². The van der Waals surface area contributed by atoms with Crippen molar-refractivity contribution in [3.8, 4) is 6.07 Å². The highest BCUT2D eigenvalue weighted by Gasteiger charge is 2.30. The van der Waals surface area contributed by atoms with Crippen LogP contribution in [-0.4, -0.2) is 40.2 Å². The van der Waals surface area contributed by atoms with Crippen molar-refractivity contribution in [1.29, 1.82) is 5.26 Å². The second kappa shape index (κ2) is 12.4. The minimum atomic E-state index is -4.32. The lowest BCUT2D eigenvalue weighted by atomic mass is 10.1. The van der Waals surface area contributed by atoms with Crippen LogP contribution >= 0.6 is 0 Å². The number of nitrogens with zero attached hydrogens (tertiary/aromatic N) is 3. The van der Waals surface area contributed by atoms with Crippen LogP contribution in [0.5, 0.6) is 0 Å². The number of carbonyl (C=O) groups excluding carboxylic acids is 1. The van der Waals surface area contributed by atoms with Gasteiger partial charge in [-0.3, -0.25) is 9.89 Å². The van der Waals surface area contributed by atoms with Crippen LogP contribution in [0.4, 0.5) is 13.2 Å². The van der Waals surface area contributed by atoms with Crippen molar-refractivity contribution in [2.45, 2.75) is 39.2 Å². The second-order valence-corrected chi connectivity index (χ2v) is 5.99. The first-order chi connectivity index (χ1) is 14.3. The number of rotatable bonds is 4. The van der Waals surface area contributed by atoms with Gasteiger partial charge in [-0.2, -0.15) is 23.5 Å². The Bertz CT molecular complexity index is 812. The van der Waals surface area contributed by atoms with E-state index < -0.39 is 11.7 Å². The highest BCUT2D eigenvalue weighted by Crippen LogP contribution is 2.29. The topological polar surface area (TPSA) is 82.0 Å². The minimum absolute atomic E-state index is 0.0869. The summed E-state index contributed by atoms with van der Waals surface area (Å²) in [6.07, 6.45) is -0.885. The van der Waals surface area contributed by atoms with E-state index in [0.717, 1.165) is 18.6 Å². The number of aromatic amines is 1. The summed E-state index contributed by atoms with van der Waals surface area (Å²) in [5.74, 6) is -0.129. The smallest absolute Gasteiger partial charge is 0.372 e. The molecule has 0 bridgehead atoms. The van der Waals surface area contributed by atoms with Gasteiger partial charge in [-0.05, 0) is 36.3 Å². The van der Waals surface area contributed by atoms with E-state index in [4.69, 9.17) is 10.00 Å². The molecule has 1 fully saturated rings. The number of likely N-dealkylation sites (tertiary alicyclic amines) is 1. The number of hydrogen-bond acceptors (Lipinski definition) is 4. The molecule has 1 saturated heterocycles. The number of alkyl halides is 3. The van der Waals surface area contributed by atoms with Crippen LogP contribution in [0.2, 0.25) is 0 Å². The van der Waals surface area contributed by atoms with E-state index in [0.29, 0.717) is 24.3 Å². The van der Waals surface area contributed by atoms with Crippen molar-refractivity contribution < 1.29 is 22.7 Å². The molecular formula is C21H25F3N4O2. The number of halogens is 3. The van der Waals surface area contributed by atoms with Crippen molar-refractivity contribution in [1.82, 2.24) is 15.1 Å². The first kappa shape index (κ1) is 24.9. The number of benzene rings is 1. The maximum absolute atomic E-state index is 12.4. The molecule has 1 unspecified atom stereocenters. The van der Waals surface area contributed by atoms with E-state index >= 15 is 0 Å². The first-order valence-corrected chi connectivity index (χ1v) is 9.42. The van der Waals surface area contributed by atoms with Gasteiger partial charge in [0, 0.05) is 13.1 Å². The molecule has 162 valence electrons. The minimum Gasteiger partial charge on any atom is -0.372 e. The predicted molar refractivity (Wildman–Crippen MR) is 106 cm³/mol. The van der Waals surface area contributed by atoms with E-state index in [-0.39, 0.29) is 18.6 Å². The Labute approximate surface area is 174 Å². The van der Waals surface area contributed by atoms with Gasteiger partial charge in [-0.15, -0.1) is 0 Å². The summed E-state index contributed by atoms with van der Waals surface area (Å²) in [6.45, 7) is 8.77. The predicted octanol–water partition coefficient (Wildman–Crippen LogP) is 4.32. The molecule has 1 aliphatic heterocycles. The van der Waals surface area contributed by atoms with Gasteiger partial charge < -0.3 is 9.64 Å². The summed E-state index contributed by atoms with van der Waals surface area (Å²) in [4.78, 5) is 13.1. The third-order valence-electron chi connectivity index (χ3n) is 4.02. The van der Waals surface area contributed by atoms with Gasteiger partial charge in [0.25, 0.3) is 0 Å². The number of aromatic nitrogens is 2. The summed E-state index contributed by atoms with van der Waals surface area (Å²) in [5.41, 5.74) is 0.506. The molecule has 2 heterocycles. The van der Waals surface area contributed by atoms with Crippen LogP contribution in [0.3, 0.4) is 0 Å². The summed E-state index contributed by atoms with van der Waals surface area (Å²) in [5, 5.41) is 14.1. The number of nitriles is 1. The molecule has 2 aromatic rings. The van der Waals surface area contributed by atoms with E-state index in [1.54, 1.807) is 17.2 Å². The Morgan fingerprint density at radius 3 is 2.50 bits per heavy atom. The van der Waals surface area contributed by atoms with Gasteiger partial charge in [0.05, 0.1) is 24.5 Å². The molecule has 1 aromatic carbocycles. The molecule has 1 aliphatic rings. The van der Waals surface area contributed by atoms with Crippen molar-refractivity contribution in [3.63, 3.8) is 0 Å². The van der Waals surface area contributed by atoms with Crippen molar-refractivity contribution >= 4 is 5.91 Å². The van der Waals surface area contributed by atoms with Crippen LogP contribution in [0.15, 0.2) is 49.2 Å². The monoisotopic (exact) mass is 422 g/mol. The van der Waals surface area contributed by atoms with E-state index in [1.165, 1.54) is 18.2 Å². The quantitative estimate of drug-likeness (QED) is 0.744. The van der Waals surface area contributed by atoms with Crippen molar-refractivity contribution in [2.75, 3.05) is 13.1 Å². The van der Waals surface area contributed by atoms with Gasteiger partial charge in [0.1, 0.15) is 11.8 Å². The molecule has 6 nitrogen and oxygen atoms in total. The van der Waals surface area contributed by atoms with Crippen LogP contribution in [0.1, 0.15) is 37.1 Å². The molecule has 0 aliphatic carbocycles. The van der Waals surface area contributed by atoms with Crippen molar-refractivity contribution in [3.05, 3.63) is 66.0 Å². The van der Waals surface area contributed by atoms with Crippen LogP contribution in [0.25, 0.3) is 0 Å². The average Bonchev–Trinajstić information content (AvgIpc) is 3.45. The summed E-state index contributed by atoms with van der Waals surface area (Å²) in [6, 6.07) is 8.40. The Hall–Kier alpha value is -3.12. The number of amides is 1. The third kappa shape index (κ3) is 8.09. The Balaban J connectivity index is 0.000000418. The van der Waals surface area contributed by atoms with Crippen LogP contribution < -0.4 is 0 Å². The SMILES string of the molecule is C=CC(=O)N1CCC(OCc2ccc(C(F)(F)F)cc2)C1.CC.N#Cc1ccn[nH]1. The van der Waals surface area contributed by atoms with Gasteiger partial charge in [0.2, 0.25) is 5.91 Å². The maximum Gasteiger partial charge on any atom is 0.416 e. The lowest BCUT2D eigenvalue weighted by Gasteiger charge is -2.15. The zero-order valence-electron chi connectivity index (χ0n) is 16.9. The fraction of sp³-hybridized carbons (Fsp3) is 0.381. The zero-order chi connectivity index (χ0) is 22.6. The number of hydrogen-bond donors (Lipinski definition) is 1. The average molecular weight is 422 g/mol. The number of H-pyrrole nitrogens is 1. The molecule has 1 aromatic heterocycles. The molecule has 1 amide bonds. The van der Waals surface area contributed by atoms with E-state index in [1.807, 2.05) is 19.9 Å². The summed E-state index contributed by atoms with van der Waals surface area (Å²) >= 11 is 0. The lowest BCUT2D eigenvalue weighted by Crippen LogP contribution is -2.28. The Morgan fingerprint density at radius 2 is 2.03 bits per heavy atom. The lowest BCUT2D eigenvalue weighted by molar-refractivity contribution is -0.137. The van der Waals surface area contributed by atoms with Gasteiger partial charge in [-0.25, -0.2) is 0 Å². The maximum atomic E-state index is 12.4.